The molecule has 2 aromatic rings. The van der Waals surface area contributed by atoms with Gasteiger partial charge in [0.1, 0.15) is 12.1 Å². The summed E-state index contributed by atoms with van der Waals surface area (Å²) < 4.78 is 13.8. The van der Waals surface area contributed by atoms with Crippen molar-refractivity contribution in [3.63, 3.8) is 0 Å². The highest BCUT2D eigenvalue weighted by molar-refractivity contribution is 6.20. The van der Waals surface area contributed by atoms with Gasteiger partial charge in [0.15, 0.2) is 11.6 Å². The van der Waals surface area contributed by atoms with Crippen LogP contribution in [0.2, 0.25) is 0 Å². The second-order valence-corrected chi connectivity index (χ2v) is 11.8. The van der Waals surface area contributed by atoms with Crippen molar-refractivity contribution >= 4 is 23.8 Å². The average Bonchev–Trinajstić information content (AvgIpc) is 2.92. The molecule has 0 fully saturated rings. The van der Waals surface area contributed by atoms with Crippen LogP contribution in [0.3, 0.4) is 0 Å². The lowest BCUT2D eigenvalue weighted by Gasteiger charge is -2.23. The number of pyridine rings is 1. The van der Waals surface area contributed by atoms with E-state index < -0.39 is 17.7 Å². The number of nitrogens with one attached hydrogen (secondary N) is 1. The van der Waals surface area contributed by atoms with E-state index in [4.69, 9.17) is 0 Å². The maximum atomic E-state index is 13.8. The van der Waals surface area contributed by atoms with Crippen LogP contribution in [0.4, 0.5) is 4.39 Å². The Morgan fingerprint density at radius 1 is 1.07 bits per heavy atom. The second kappa shape index (κ2) is 19.5. The molecule has 240 valence electrons. The van der Waals surface area contributed by atoms with Crippen LogP contribution in [-0.4, -0.2) is 54.3 Å². The van der Waals surface area contributed by atoms with Crippen LogP contribution in [0.5, 0.6) is 0 Å². The summed E-state index contributed by atoms with van der Waals surface area (Å²) in [6.45, 7) is 14.0. The minimum Gasteiger partial charge on any atom is -0.349 e. The molecule has 44 heavy (non-hydrogen) atoms. The third kappa shape index (κ3) is 12.8. The molecule has 1 N–H and O–H groups in total. The van der Waals surface area contributed by atoms with E-state index in [1.54, 1.807) is 31.5 Å². The predicted molar refractivity (Wildman–Crippen MR) is 176 cm³/mol. The van der Waals surface area contributed by atoms with Gasteiger partial charge in [-0.1, -0.05) is 32.9 Å². The second-order valence-electron chi connectivity index (χ2n) is 11.8. The van der Waals surface area contributed by atoms with Crippen molar-refractivity contribution in [1.82, 2.24) is 15.2 Å². The minimum absolute atomic E-state index is 0.0144. The van der Waals surface area contributed by atoms with Gasteiger partial charge in [0.2, 0.25) is 5.91 Å². The average molecular weight is 608 g/mol. The number of carbonyl (C=O) groups is 4. The number of halogens is 1. The molecule has 1 heterocycles. The summed E-state index contributed by atoms with van der Waals surface area (Å²) in [6, 6.07) is 4.08. The lowest BCUT2D eigenvalue weighted by Crippen LogP contribution is -2.36. The Labute approximate surface area is 263 Å². The number of aldehydes is 1. The molecule has 1 aromatic heterocycles. The Morgan fingerprint density at radius 3 is 2.18 bits per heavy atom. The number of benzene rings is 1. The molecule has 8 heteroatoms. The van der Waals surface area contributed by atoms with E-state index in [0.717, 1.165) is 28.5 Å². The number of hydrogen-bond donors (Lipinski definition) is 1. The molecule has 1 amide bonds. The van der Waals surface area contributed by atoms with Crippen LogP contribution in [-0.2, 0) is 19.2 Å². The van der Waals surface area contributed by atoms with Gasteiger partial charge in [-0.2, -0.15) is 0 Å². The zero-order valence-electron chi connectivity index (χ0n) is 27.9. The van der Waals surface area contributed by atoms with Gasteiger partial charge in [-0.05, 0) is 114 Å². The van der Waals surface area contributed by atoms with E-state index in [2.05, 4.69) is 36.2 Å². The van der Waals surface area contributed by atoms with Gasteiger partial charge in [0, 0.05) is 36.7 Å². The number of hydrogen-bond acceptors (Lipinski definition) is 6. The summed E-state index contributed by atoms with van der Waals surface area (Å²) in [6.07, 6.45) is 10.4. The van der Waals surface area contributed by atoms with Crippen LogP contribution < -0.4 is 5.32 Å². The smallest absolute Gasteiger partial charge is 0.224 e. The third-order valence-corrected chi connectivity index (χ3v) is 6.96. The lowest BCUT2D eigenvalue weighted by molar-refractivity contribution is -0.130. The van der Waals surface area contributed by atoms with Crippen molar-refractivity contribution < 1.29 is 23.6 Å². The van der Waals surface area contributed by atoms with Crippen molar-refractivity contribution in [3.8, 4) is 11.1 Å². The minimum atomic E-state index is -0.678. The zero-order chi connectivity index (χ0) is 33.4. The number of Topliss-reactive ketones (excluding diaryl/α,β-unsaturated/α-hetero) is 2. The molecule has 0 aliphatic rings. The number of amides is 1. The Hall–Kier alpha value is -3.78. The molecule has 0 aliphatic heterocycles. The van der Waals surface area contributed by atoms with Gasteiger partial charge in [0.05, 0.1) is 11.6 Å². The molecule has 0 radical (unpaired) electrons. The number of nitrogens with zero attached hydrogens (tertiary/aromatic N) is 2. The summed E-state index contributed by atoms with van der Waals surface area (Å²) in [5.74, 6) is -2.00. The summed E-state index contributed by atoms with van der Waals surface area (Å²) >= 11 is 0. The topological polar surface area (TPSA) is 96.4 Å². The SMILES string of the molecule is C/C=C\C=C(/C(C)=O)C(=O)C[C@@H](CC(C)C)C(=O)N[C@@H](CC=O)c1cncc(-c2c(C)cc(F)cc2C)c1.CCCN(C)C. The summed E-state index contributed by atoms with van der Waals surface area (Å²) in [7, 11) is 4.17. The first kappa shape index (κ1) is 38.2. The molecule has 0 aliphatic carbocycles. The molecule has 0 saturated heterocycles. The number of aromatic nitrogens is 1. The monoisotopic (exact) mass is 607 g/mol. The first-order chi connectivity index (χ1) is 20.7. The molecule has 0 bridgehead atoms. The van der Waals surface area contributed by atoms with Gasteiger partial charge in [0.25, 0.3) is 0 Å². The quantitative estimate of drug-likeness (QED) is 0.0776. The van der Waals surface area contributed by atoms with Crippen LogP contribution in [0.1, 0.15) is 83.0 Å². The molecular weight excluding hydrogens is 557 g/mol. The van der Waals surface area contributed by atoms with Gasteiger partial charge >= 0.3 is 0 Å². The van der Waals surface area contributed by atoms with Crippen LogP contribution >= 0.6 is 0 Å². The summed E-state index contributed by atoms with van der Waals surface area (Å²) in [5.41, 5.74) is 3.76. The first-order valence-electron chi connectivity index (χ1n) is 15.2. The fraction of sp³-hybridized carbons (Fsp3) is 0.472. The highest BCUT2D eigenvalue weighted by atomic mass is 19.1. The van der Waals surface area contributed by atoms with Crippen LogP contribution in [0.15, 0.2) is 54.4 Å². The Morgan fingerprint density at radius 2 is 1.70 bits per heavy atom. The van der Waals surface area contributed by atoms with Gasteiger partial charge in [-0.25, -0.2) is 4.39 Å². The molecule has 1 aromatic carbocycles. The standard InChI is InChI=1S/C31H37FN2O4.C5H13N/c1-7-8-9-27(22(6)36)29(37)16-23(12-19(2)3)31(38)34-28(10-11-35)24-15-25(18-33-17-24)30-20(4)13-26(32)14-21(30)5;1-4-5-6(2)3/h7-9,11,13-15,17-19,23,28H,10,12,16H2,1-6H3,(H,34,38);4-5H2,1-3H3/b8-7-,27-9+;/t23-,28+;/m1./s1. The fourth-order valence-corrected chi connectivity index (χ4v) is 5.05. The predicted octanol–water partition coefficient (Wildman–Crippen LogP) is 6.92. The molecular formula is C36H50FN3O4. The largest absolute Gasteiger partial charge is 0.349 e. The van der Waals surface area contributed by atoms with Gasteiger partial charge in [-0.3, -0.25) is 19.4 Å². The zero-order valence-corrected chi connectivity index (χ0v) is 27.9. The van der Waals surface area contributed by atoms with Gasteiger partial charge in [-0.15, -0.1) is 0 Å². The van der Waals surface area contributed by atoms with Gasteiger partial charge < -0.3 is 15.0 Å². The fourth-order valence-electron chi connectivity index (χ4n) is 5.05. The molecule has 2 atom stereocenters. The molecule has 0 saturated carbocycles. The Bertz CT molecular complexity index is 1310. The van der Waals surface area contributed by atoms with Crippen LogP contribution in [0.25, 0.3) is 11.1 Å². The third-order valence-electron chi connectivity index (χ3n) is 6.96. The maximum absolute atomic E-state index is 13.8. The Kier molecular flexibility index (Phi) is 16.9. The molecule has 0 unspecified atom stereocenters. The van der Waals surface area contributed by atoms with E-state index in [1.165, 1.54) is 38.1 Å². The van der Waals surface area contributed by atoms with E-state index in [1.807, 2.05) is 33.8 Å². The van der Waals surface area contributed by atoms with Crippen molar-refractivity contribution in [2.45, 2.75) is 80.2 Å². The highest BCUT2D eigenvalue weighted by Gasteiger charge is 2.28. The Balaban J connectivity index is 0.00000146. The normalized spacial score (nSPS) is 13.0. The van der Waals surface area contributed by atoms with E-state index in [-0.39, 0.29) is 41.8 Å². The number of aryl methyl sites for hydroxylation is 2. The van der Waals surface area contributed by atoms with E-state index >= 15 is 0 Å². The summed E-state index contributed by atoms with van der Waals surface area (Å²) in [4.78, 5) is 56.5. The molecule has 7 nitrogen and oxygen atoms in total. The summed E-state index contributed by atoms with van der Waals surface area (Å²) in [5, 5.41) is 2.93. The highest BCUT2D eigenvalue weighted by Crippen LogP contribution is 2.30. The van der Waals surface area contributed by atoms with Crippen molar-refractivity contribution in [1.29, 1.82) is 0 Å². The lowest BCUT2D eigenvalue weighted by atomic mass is 9.88. The molecule has 2 rings (SSSR count). The number of ketones is 2. The number of carbonyl (C=O) groups excluding carboxylic acids is 4. The van der Waals surface area contributed by atoms with Crippen molar-refractivity contribution in [3.05, 3.63) is 76.9 Å². The maximum Gasteiger partial charge on any atom is 0.224 e. The van der Waals surface area contributed by atoms with Crippen molar-refractivity contribution in [2.75, 3.05) is 20.6 Å². The number of rotatable bonds is 15. The molecule has 0 spiro atoms. The van der Waals surface area contributed by atoms with E-state index in [0.29, 0.717) is 12.0 Å². The van der Waals surface area contributed by atoms with E-state index in [9.17, 15) is 23.6 Å². The van der Waals surface area contributed by atoms with Crippen LogP contribution in [0, 0.1) is 31.5 Å². The van der Waals surface area contributed by atoms with Crippen molar-refractivity contribution in [2.24, 2.45) is 11.8 Å². The first-order valence-corrected chi connectivity index (χ1v) is 15.2. The number of allylic oxidation sites excluding steroid dienone is 4.